The Morgan fingerprint density at radius 3 is 2.63 bits per heavy atom. The second-order valence-electron chi connectivity index (χ2n) is 7.35. The van der Waals surface area contributed by atoms with E-state index in [0.29, 0.717) is 18.1 Å². The first-order chi connectivity index (χ1) is 14.4. The van der Waals surface area contributed by atoms with E-state index in [1.165, 1.54) is 0 Å². The fourth-order valence-corrected chi connectivity index (χ4v) is 3.42. The van der Waals surface area contributed by atoms with Crippen molar-refractivity contribution < 1.29 is 9.53 Å². The lowest BCUT2D eigenvalue weighted by molar-refractivity contribution is 0.230. The molecule has 2 aromatic heterocycles. The molecule has 2 unspecified atom stereocenters. The van der Waals surface area contributed by atoms with Crippen LogP contribution in [-0.2, 0) is 14.1 Å². The van der Waals surface area contributed by atoms with Gasteiger partial charge in [-0.1, -0.05) is 18.2 Å². The van der Waals surface area contributed by atoms with Crippen LogP contribution in [0, 0.1) is 0 Å². The summed E-state index contributed by atoms with van der Waals surface area (Å²) in [6, 6.07) is 6.86. The highest BCUT2D eigenvalue weighted by atomic mass is 16.5. The number of benzene rings is 1. The number of hydrogen-bond acceptors (Lipinski definition) is 5. The average Bonchev–Trinajstić information content (AvgIpc) is 3.34. The molecule has 9 nitrogen and oxygen atoms in total. The van der Waals surface area contributed by atoms with E-state index in [-0.39, 0.29) is 12.1 Å². The second kappa shape index (κ2) is 9.45. The van der Waals surface area contributed by atoms with Gasteiger partial charge in [-0.15, -0.1) is 0 Å². The summed E-state index contributed by atoms with van der Waals surface area (Å²) in [5, 5.41) is 10.3. The summed E-state index contributed by atoms with van der Waals surface area (Å²) < 4.78 is 9.15. The molecule has 0 saturated heterocycles. The lowest BCUT2D eigenvalue weighted by atomic mass is 10.0. The number of para-hydroxylation sites is 1. The van der Waals surface area contributed by atoms with Crippen LogP contribution in [0.2, 0.25) is 0 Å². The molecule has 160 valence electrons. The standard InChI is InChI=1S/C21H29N7O2/c1-26(2)17(15-12-24-28(4)14-15)13-23-21(29)25-19(20-22-10-11-27(20)3)16-8-6-7-9-18(16)30-5/h6-12,14,17,19H,13H2,1-5H3,(H2,23,25,29). The number of aryl methyl sites for hydroxylation is 2. The fraction of sp³-hybridized carbons (Fsp3) is 0.381. The maximum atomic E-state index is 12.9. The first kappa shape index (κ1) is 21.4. The van der Waals surface area contributed by atoms with Crippen molar-refractivity contribution in [1.29, 1.82) is 0 Å². The van der Waals surface area contributed by atoms with Crippen molar-refractivity contribution in [2.75, 3.05) is 27.7 Å². The zero-order valence-electron chi connectivity index (χ0n) is 18.0. The molecule has 2 heterocycles. The van der Waals surface area contributed by atoms with Crippen LogP contribution in [0.25, 0.3) is 0 Å². The highest BCUT2D eigenvalue weighted by molar-refractivity contribution is 5.75. The summed E-state index contributed by atoms with van der Waals surface area (Å²) in [7, 11) is 9.34. The number of likely N-dealkylation sites (N-methyl/N-ethyl adjacent to an activating group) is 1. The molecule has 0 aliphatic rings. The minimum absolute atomic E-state index is 0.00215. The molecule has 0 bridgehead atoms. The Labute approximate surface area is 176 Å². The van der Waals surface area contributed by atoms with Crippen molar-refractivity contribution in [1.82, 2.24) is 34.9 Å². The van der Waals surface area contributed by atoms with Crippen LogP contribution in [0.5, 0.6) is 5.75 Å². The molecule has 0 radical (unpaired) electrons. The van der Waals surface area contributed by atoms with E-state index >= 15 is 0 Å². The largest absolute Gasteiger partial charge is 0.496 e. The third-order valence-electron chi connectivity index (χ3n) is 5.03. The van der Waals surface area contributed by atoms with E-state index in [9.17, 15) is 4.79 Å². The number of methoxy groups -OCH3 is 1. The lowest BCUT2D eigenvalue weighted by Gasteiger charge is -2.25. The van der Waals surface area contributed by atoms with E-state index in [0.717, 1.165) is 11.1 Å². The minimum atomic E-state index is -0.461. The van der Waals surface area contributed by atoms with Crippen molar-refractivity contribution >= 4 is 6.03 Å². The molecule has 0 saturated carbocycles. The Bertz CT molecular complexity index is 979. The van der Waals surface area contributed by atoms with Crippen LogP contribution in [0.3, 0.4) is 0 Å². The van der Waals surface area contributed by atoms with Crippen molar-refractivity contribution in [3.63, 3.8) is 0 Å². The van der Waals surface area contributed by atoms with Crippen LogP contribution in [0.4, 0.5) is 4.79 Å². The maximum Gasteiger partial charge on any atom is 0.315 e. The molecule has 3 rings (SSSR count). The van der Waals surface area contributed by atoms with Gasteiger partial charge in [0.1, 0.15) is 17.6 Å². The molecule has 1 aromatic carbocycles. The van der Waals surface area contributed by atoms with Crippen molar-refractivity contribution in [2.24, 2.45) is 14.1 Å². The summed E-state index contributed by atoms with van der Waals surface area (Å²) >= 11 is 0. The summed E-state index contributed by atoms with van der Waals surface area (Å²) in [6.45, 7) is 0.434. The number of urea groups is 1. The van der Waals surface area contributed by atoms with Crippen LogP contribution in [-0.4, -0.2) is 58.0 Å². The predicted molar refractivity (Wildman–Crippen MR) is 114 cm³/mol. The first-order valence-electron chi connectivity index (χ1n) is 9.70. The van der Waals surface area contributed by atoms with Crippen LogP contribution < -0.4 is 15.4 Å². The Morgan fingerprint density at radius 2 is 2.03 bits per heavy atom. The van der Waals surface area contributed by atoms with Crippen LogP contribution in [0.1, 0.15) is 29.0 Å². The van der Waals surface area contributed by atoms with Gasteiger partial charge in [0, 0.05) is 50.4 Å². The van der Waals surface area contributed by atoms with E-state index < -0.39 is 6.04 Å². The van der Waals surface area contributed by atoms with Gasteiger partial charge >= 0.3 is 6.03 Å². The van der Waals surface area contributed by atoms with Gasteiger partial charge in [-0.25, -0.2) is 9.78 Å². The van der Waals surface area contributed by atoms with Gasteiger partial charge in [0.05, 0.1) is 19.3 Å². The zero-order chi connectivity index (χ0) is 21.7. The van der Waals surface area contributed by atoms with Crippen molar-refractivity contribution in [3.05, 3.63) is 66.0 Å². The number of imidazole rings is 1. The van der Waals surface area contributed by atoms with E-state index in [2.05, 4.69) is 20.7 Å². The molecular formula is C21H29N7O2. The van der Waals surface area contributed by atoms with Gasteiger partial charge in [0.15, 0.2) is 0 Å². The Hall–Kier alpha value is -3.33. The predicted octanol–water partition coefficient (Wildman–Crippen LogP) is 1.85. The maximum absolute atomic E-state index is 12.9. The third-order valence-corrected chi connectivity index (χ3v) is 5.03. The van der Waals surface area contributed by atoms with Crippen LogP contribution >= 0.6 is 0 Å². The zero-order valence-corrected chi connectivity index (χ0v) is 18.0. The number of ether oxygens (including phenoxy) is 1. The molecule has 0 fully saturated rings. The number of nitrogens with one attached hydrogen (secondary N) is 2. The highest BCUT2D eigenvalue weighted by Gasteiger charge is 2.24. The second-order valence-corrected chi connectivity index (χ2v) is 7.35. The van der Waals surface area contributed by atoms with E-state index in [4.69, 9.17) is 4.74 Å². The Kier molecular flexibility index (Phi) is 6.73. The number of hydrogen-bond donors (Lipinski definition) is 2. The lowest BCUT2D eigenvalue weighted by Crippen LogP contribution is -2.42. The van der Waals surface area contributed by atoms with Crippen molar-refractivity contribution in [2.45, 2.75) is 12.1 Å². The summed E-state index contributed by atoms with van der Waals surface area (Å²) in [6.07, 6.45) is 7.33. The minimum Gasteiger partial charge on any atom is -0.496 e. The Morgan fingerprint density at radius 1 is 1.27 bits per heavy atom. The molecule has 3 aromatic rings. The Balaban J connectivity index is 1.77. The van der Waals surface area contributed by atoms with Crippen molar-refractivity contribution in [3.8, 4) is 5.75 Å². The van der Waals surface area contributed by atoms with E-state index in [1.807, 2.05) is 80.5 Å². The molecular weight excluding hydrogens is 382 g/mol. The van der Waals surface area contributed by atoms with Gasteiger partial charge in [-0.05, 0) is 20.2 Å². The number of nitrogens with zero attached hydrogens (tertiary/aromatic N) is 5. The molecule has 30 heavy (non-hydrogen) atoms. The monoisotopic (exact) mass is 411 g/mol. The molecule has 0 aliphatic carbocycles. The van der Waals surface area contributed by atoms with Gasteiger partial charge in [0.2, 0.25) is 0 Å². The topological polar surface area (TPSA) is 89.2 Å². The molecule has 0 aliphatic heterocycles. The third kappa shape index (κ3) is 4.80. The van der Waals surface area contributed by atoms with Gasteiger partial charge in [-0.2, -0.15) is 5.10 Å². The van der Waals surface area contributed by atoms with E-state index in [1.54, 1.807) is 18.0 Å². The SMILES string of the molecule is COc1ccccc1C(NC(=O)NCC(c1cnn(C)c1)N(C)C)c1nccn1C. The summed E-state index contributed by atoms with van der Waals surface area (Å²) in [5.74, 6) is 1.40. The normalized spacial score (nSPS) is 13.1. The molecule has 2 amide bonds. The van der Waals surface area contributed by atoms with Gasteiger partial charge < -0.3 is 24.8 Å². The number of carbonyl (C=O) groups is 1. The number of amides is 2. The number of aromatic nitrogens is 4. The highest BCUT2D eigenvalue weighted by Crippen LogP contribution is 2.29. The first-order valence-corrected chi connectivity index (χ1v) is 9.70. The quantitative estimate of drug-likeness (QED) is 0.591. The number of rotatable bonds is 8. The molecule has 2 N–H and O–H groups in total. The van der Waals surface area contributed by atoms with Gasteiger partial charge in [0.25, 0.3) is 0 Å². The summed E-state index contributed by atoms with van der Waals surface area (Å²) in [5.41, 5.74) is 1.87. The van der Waals surface area contributed by atoms with Gasteiger partial charge in [-0.3, -0.25) is 4.68 Å². The van der Waals surface area contributed by atoms with Crippen LogP contribution in [0.15, 0.2) is 49.1 Å². The average molecular weight is 412 g/mol. The smallest absolute Gasteiger partial charge is 0.315 e. The summed E-state index contributed by atoms with van der Waals surface area (Å²) in [4.78, 5) is 19.3. The molecule has 2 atom stereocenters. The molecule has 9 heteroatoms. The number of carbonyl (C=O) groups excluding carboxylic acids is 1. The fourth-order valence-electron chi connectivity index (χ4n) is 3.42. The molecule has 0 spiro atoms.